The number of aliphatic hydroxyl groups excluding tert-OH is 1. The van der Waals surface area contributed by atoms with Crippen molar-refractivity contribution in [1.82, 2.24) is 9.80 Å². The first kappa shape index (κ1) is 16.4. The normalized spacial score (nSPS) is 28.5. The molecule has 1 aromatic rings. The lowest BCUT2D eigenvalue weighted by molar-refractivity contribution is -0.0601. The molecule has 0 aromatic heterocycles. The van der Waals surface area contributed by atoms with Crippen LogP contribution >= 0.6 is 0 Å². The highest BCUT2D eigenvalue weighted by molar-refractivity contribution is 5.94. The van der Waals surface area contributed by atoms with Crippen LogP contribution in [-0.4, -0.2) is 60.1 Å². The Morgan fingerprint density at radius 3 is 2.91 bits per heavy atom. The molecule has 0 bridgehead atoms. The molecule has 126 valence electrons. The zero-order valence-electron chi connectivity index (χ0n) is 13.9. The zero-order chi connectivity index (χ0) is 16.6. The van der Waals surface area contributed by atoms with E-state index in [0.717, 1.165) is 25.8 Å². The quantitative estimate of drug-likeness (QED) is 0.907. The third-order valence-electron chi connectivity index (χ3n) is 5.72. The second-order valence-electron chi connectivity index (χ2n) is 7.06. The van der Waals surface area contributed by atoms with Crippen molar-refractivity contribution < 1.29 is 14.3 Å². The van der Waals surface area contributed by atoms with E-state index in [4.69, 9.17) is 0 Å². The molecular formula is C18H25FN2O2. The molecule has 2 heterocycles. The molecule has 0 radical (unpaired) electrons. The van der Waals surface area contributed by atoms with Gasteiger partial charge in [-0.1, -0.05) is 12.1 Å². The highest BCUT2D eigenvalue weighted by Crippen LogP contribution is 2.41. The largest absolute Gasteiger partial charge is 0.396 e. The van der Waals surface area contributed by atoms with Gasteiger partial charge in [-0.05, 0) is 51.4 Å². The Hall–Kier alpha value is -1.46. The van der Waals surface area contributed by atoms with E-state index < -0.39 is 5.82 Å². The molecule has 5 heteroatoms. The maximum absolute atomic E-state index is 14.3. The summed E-state index contributed by atoms with van der Waals surface area (Å²) < 4.78 is 14.3. The Labute approximate surface area is 136 Å². The lowest BCUT2D eigenvalue weighted by atomic mass is 9.69. The van der Waals surface area contributed by atoms with Crippen LogP contribution < -0.4 is 0 Å². The van der Waals surface area contributed by atoms with Gasteiger partial charge in [-0.3, -0.25) is 4.79 Å². The smallest absolute Gasteiger partial charge is 0.256 e. The molecule has 2 aliphatic rings. The second-order valence-corrected chi connectivity index (χ2v) is 7.06. The Kier molecular flexibility index (Phi) is 4.43. The van der Waals surface area contributed by atoms with Gasteiger partial charge in [0.1, 0.15) is 5.82 Å². The van der Waals surface area contributed by atoms with Crippen LogP contribution in [0.5, 0.6) is 0 Å². The molecule has 1 amide bonds. The maximum atomic E-state index is 14.3. The van der Waals surface area contributed by atoms with Crippen molar-refractivity contribution in [2.45, 2.75) is 32.2 Å². The summed E-state index contributed by atoms with van der Waals surface area (Å²) in [7, 11) is 2.05. The van der Waals surface area contributed by atoms with E-state index in [1.807, 2.05) is 0 Å². The molecule has 0 unspecified atom stereocenters. The Morgan fingerprint density at radius 1 is 1.39 bits per heavy atom. The van der Waals surface area contributed by atoms with Crippen molar-refractivity contribution in [2.75, 3.05) is 33.3 Å². The lowest BCUT2D eigenvalue weighted by Gasteiger charge is -2.53. The fourth-order valence-electron chi connectivity index (χ4n) is 4.18. The van der Waals surface area contributed by atoms with Crippen LogP contribution in [0.1, 0.15) is 35.2 Å². The van der Waals surface area contributed by atoms with Gasteiger partial charge in [-0.15, -0.1) is 0 Å². The minimum Gasteiger partial charge on any atom is -0.396 e. The van der Waals surface area contributed by atoms with E-state index in [9.17, 15) is 14.3 Å². The van der Waals surface area contributed by atoms with Crippen molar-refractivity contribution in [3.05, 3.63) is 35.1 Å². The molecule has 2 saturated heterocycles. The Bertz CT molecular complexity index is 607. The minimum absolute atomic E-state index is 0.116. The number of likely N-dealkylation sites (tertiary alicyclic amines) is 2. The van der Waals surface area contributed by atoms with Crippen molar-refractivity contribution in [3.8, 4) is 0 Å². The van der Waals surface area contributed by atoms with Crippen LogP contribution in [0, 0.1) is 18.2 Å². The molecule has 0 spiro atoms. The van der Waals surface area contributed by atoms with Gasteiger partial charge in [-0.25, -0.2) is 4.39 Å². The molecule has 2 aliphatic heterocycles. The maximum Gasteiger partial charge on any atom is 0.256 e. The predicted octanol–water partition coefficient (Wildman–Crippen LogP) is 2.05. The van der Waals surface area contributed by atoms with Gasteiger partial charge in [0.15, 0.2) is 0 Å². The van der Waals surface area contributed by atoms with Gasteiger partial charge >= 0.3 is 0 Å². The van der Waals surface area contributed by atoms with Crippen molar-refractivity contribution in [3.63, 3.8) is 0 Å². The fourth-order valence-corrected chi connectivity index (χ4v) is 4.18. The number of benzene rings is 1. The van der Waals surface area contributed by atoms with Gasteiger partial charge < -0.3 is 14.9 Å². The summed E-state index contributed by atoms with van der Waals surface area (Å²) >= 11 is 0. The van der Waals surface area contributed by atoms with E-state index in [0.29, 0.717) is 18.7 Å². The van der Waals surface area contributed by atoms with Gasteiger partial charge in [0, 0.05) is 24.5 Å². The van der Waals surface area contributed by atoms with Crippen LogP contribution in [0.3, 0.4) is 0 Å². The SMILES string of the molecule is Cc1cccc(C(=O)N2CC[C@@]3(CO)CCCN(C)[C@@H]3C2)c1F. The first-order valence-corrected chi connectivity index (χ1v) is 8.34. The average molecular weight is 320 g/mol. The molecule has 0 aliphatic carbocycles. The molecule has 1 aromatic carbocycles. The molecule has 4 nitrogen and oxygen atoms in total. The molecular weight excluding hydrogens is 295 g/mol. The summed E-state index contributed by atoms with van der Waals surface area (Å²) in [4.78, 5) is 16.7. The van der Waals surface area contributed by atoms with Crippen molar-refractivity contribution in [1.29, 1.82) is 0 Å². The number of carbonyl (C=O) groups is 1. The summed E-state index contributed by atoms with van der Waals surface area (Å²) in [6.45, 7) is 3.95. The summed E-state index contributed by atoms with van der Waals surface area (Å²) in [6, 6.07) is 5.10. The number of piperidine rings is 2. The number of halogens is 1. The van der Waals surface area contributed by atoms with Crippen LogP contribution in [-0.2, 0) is 0 Å². The van der Waals surface area contributed by atoms with Crippen LogP contribution in [0.25, 0.3) is 0 Å². The third kappa shape index (κ3) is 2.76. The first-order chi connectivity index (χ1) is 11.0. The van der Waals surface area contributed by atoms with E-state index in [-0.39, 0.29) is 29.5 Å². The number of likely N-dealkylation sites (N-methyl/N-ethyl adjacent to an activating group) is 1. The molecule has 0 saturated carbocycles. The van der Waals surface area contributed by atoms with Gasteiger partial charge in [-0.2, -0.15) is 0 Å². The number of nitrogens with zero attached hydrogens (tertiary/aromatic N) is 2. The van der Waals surface area contributed by atoms with Crippen LogP contribution in [0.2, 0.25) is 0 Å². The number of carbonyl (C=O) groups excluding carboxylic acids is 1. The van der Waals surface area contributed by atoms with Crippen LogP contribution in [0.15, 0.2) is 18.2 Å². The highest BCUT2D eigenvalue weighted by atomic mass is 19.1. The summed E-state index contributed by atoms with van der Waals surface area (Å²) in [5.74, 6) is -0.662. The summed E-state index contributed by atoms with van der Waals surface area (Å²) in [6.07, 6.45) is 2.85. The van der Waals surface area contributed by atoms with E-state index in [2.05, 4.69) is 11.9 Å². The molecule has 1 N–H and O–H groups in total. The fraction of sp³-hybridized carbons (Fsp3) is 0.611. The third-order valence-corrected chi connectivity index (χ3v) is 5.72. The zero-order valence-corrected chi connectivity index (χ0v) is 13.9. The van der Waals surface area contributed by atoms with E-state index >= 15 is 0 Å². The lowest BCUT2D eigenvalue weighted by Crippen LogP contribution is -2.62. The minimum atomic E-state index is -0.423. The number of amides is 1. The van der Waals surface area contributed by atoms with E-state index in [1.54, 1.807) is 30.0 Å². The number of rotatable bonds is 2. The van der Waals surface area contributed by atoms with Gasteiger partial charge in [0.2, 0.25) is 0 Å². The van der Waals surface area contributed by atoms with Gasteiger partial charge in [0.05, 0.1) is 12.2 Å². The molecule has 23 heavy (non-hydrogen) atoms. The Balaban J connectivity index is 1.83. The Morgan fingerprint density at radius 2 is 2.17 bits per heavy atom. The second kappa shape index (κ2) is 6.21. The van der Waals surface area contributed by atoms with Crippen molar-refractivity contribution >= 4 is 5.91 Å². The molecule has 2 atom stereocenters. The average Bonchev–Trinajstić information content (AvgIpc) is 2.57. The summed E-state index contributed by atoms with van der Waals surface area (Å²) in [5, 5.41) is 9.93. The number of fused-ring (bicyclic) bond motifs is 1. The number of hydrogen-bond donors (Lipinski definition) is 1. The highest BCUT2D eigenvalue weighted by Gasteiger charge is 2.47. The first-order valence-electron chi connectivity index (χ1n) is 8.34. The molecule has 2 fully saturated rings. The predicted molar refractivity (Wildman–Crippen MR) is 86.8 cm³/mol. The number of aliphatic hydroxyl groups is 1. The monoisotopic (exact) mass is 320 g/mol. The molecule has 3 rings (SSSR count). The number of hydrogen-bond acceptors (Lipinski definition) is 3. The van der Waals surface area contributed by atoms with Crippen molar-refractivity contribution in [2.24, 2.45) is 5.41 Å². The van der Waals surface area contributed by atoms with Gasteiger partial charge in [0.25, 0.3) is 5.91 Å². The summed E-state index contributed by atoms with van der Waals surface area (Å²) in [5.41, 5.74) is 0.530. The number of aryl methyl sites for hydroxylation is 1. The standard InChI is InChI=1S/C18H25FN2O2/c1-13-5-3-6-14(16(13)19)17(23)21-10-8-18(12-22)7-4-9-20(2)15(18)11-21/h3,5-6,15,22H,4,7-12H2,1-2H3/t15-,18-/m1/s1. The van der Waals surface area contributed by atoms with E-state index in [1.165, 1.54) is 0 Å². The topological polar surface area (TPSA) is 43.8 Å². The van der Waals surface area contributed by atoms with Crippen LogP contribution in [0.4, 0.5) is 4.39 Å².